The van der Waals surface area contributed by atoms with Gasteiger partial charge in [-0.25, -0.2) is 13.9 Å². The Morgan fingerprint density at radius 1 is 1.31 bits per heavy atom. The molecule has 0 bridgehead atoms. The van der Waals surface area contributed by atoms with Crippen LogP contribution in [0, 0.1) is 0 Å². The number of aliphatic hydroxyl groups is 1. The predicted octanol–water partition coefficient (Wildman–Crippen LogP) is 2.29. The number of aromatic nitrogens is 4. The van der Waals surface area contributed by atoms with Crippen molar-refractivity contribution >= 4 is 48.2 Å². The highest BCUT2D eigenvalue weighted by Crippen LogP contribution is 2.49. The van der Waals surface area contributed by atoms with Crippen LogP contribution in [0.5, 0.6) is 5.75 Å². The minimum absolute atomic E-state index is 0.0127. The smallest absolute Gasteiger partial charge is 0.459 e. The molecule has 1 aliphatic rings. The summed E-state index contributed by atoms with van der Waals surface area (Å²) in [7, 11) is -4.33. The van der Waals surface area contributed by atoms with Gasteiger partial charge in [0, 0.05) is 0 Å². The van der Waals surface area contributed by atoms with Gasteiger partial charge in [-0.2, -0.15) is 15.1 Å². The minimum atomic E-state index is -4.33. The molecule has 212 valence electrons. The molecule has 2 aromatic heterocycles. The van der Waals surface area contributed by atoms with E-state index in [4.69, 9.17) is 41.6 Å². The average molecular weight is 588 g/mol. The molecule has 3 aromatic rings. The van der Waals surface area contributed by atoms with Gasteiger partial charge in [0.15, 0.2) is 17.7 Å². The maximum atomic E-state index is 15.6. The van der Waals surface area contributed by atoms with E-state index in [1.165, 1.54) is 19.1 Å². The lowest BCUT2D eigenvalue weighted by atomic mass is 10.1. The van der Waals surface area contributed by atoms with E-state index < -0.39 is 56.0 Å². The molecule has 1 aliphatic heterocycles. The summed E-state index contributed by atoms with van der Waals surface area (Å²) in [6.45, 7) is 4.06. The molecule has 3 heterocycles. The van der Waals surface area contributed by atoms with Crippen molar-refractivity contribution in [2.75, 3.05) is 18.1 Å². The van der Waals surface area contributed by atoms with Crippen LogP contribution >= 0.6 is 19.3 Å². The number of esters is 1. The number of carbonyl (C=O) groups is 1. The summed E-state index contributed by atoms with van der Waals surface area (Å²) in [5.74, 6) is -0.808. The van der Waals surface area contributed by atoms with Crippen LogP contribution < -0.4 is 21.1 Å². The number of hydrogen-bond donors (Lipinski definition) is 4. The van der Waals surface area contributed by atoms with E-state index in [-0.39, 0.29) is 28.7 Å². The normalized spacial score (nSPS) is 25.5. The molecule has 0 spiro atoms. The second kappa shape index (κ2) is 11.2. The van der Waals surface area contributed by atoms with Crippen LogP contribution in [0.25, 0.3) is 11.2 Å². The second-order valence-electron chi connectivity index (χ2n) is 8.97. The molecule has 14 nitrogen and oxygen atoms in total. The molecular weight excluding hydrogens is 560 g/mol. The number of rotatable bonds is 10. The molecule has 1 fully saturated rings. The summed E-state index contributed by atoms with van der Waals surface area (Å²) in [6, 6.07) is 6.89. The van der Waals surface area contributed by atoms with Gasteiger partial charge in [-0.05, 0) is 32.9 Å². The first-order chi connectivity index (χ1) is 18.3. The fourth-order valence-electron chi connectivity index (χ4n) is 3.74. The van der Waals surface area contributed by atoms with E-state index in [1.54, 1.807) is 32.0 Å². The Kier molecular flexibility index (Phi) is 8.30. The van der Waals surface area contributed by atoms with Crippen LogP contribution in [0.15, 0.2) is 36.7 Å². The lowest BCUT2D eigenvalue weighted by Gasteiger charge is -2.25. The van der Waals surface area contributed by atoms with Gasteiger partial charge in [0.2, 0.25) is 5.95 Å². The highest BCUT2D eigenvalue weighted by Gasteiger charge is 2.58. The number of nitrogens with zero attached hydrogens (tertiary/aromatic N) is 4. The van der Waals surface area contributed by atoms with Gasteiger partial charge in [0.05, 0.1) is 19.0 Å². The first-order valence-electron chi connectivity index (χ1n) is 11.7. The van der Waals surface area contributed by atoms with Gasteiger partial charge < -0.3 is 30.6 Å². The molecule has 0 amide bonds. The number of aliphatic hydroxyl groups excluding tert-OH is 1. The molecule has 6 N–H and O–H groups in total. The Bertz CT molecular complexity index is 1380. The molecular formula is C22H28ClFN7O7P. The Labute approximate surface area is 227 Å². The highest BCUT2D eigenvalue weighted by molar-refractivity contribution is 7.52. The lowest BCUT2D eigenvalue weighted by molar-refractivity contribution is -0.149. The van der Waals surface area contributed by atoms with Crippen LogP contribution in [0.3, 0.4) is 0 Å². The number of alkyl halides is 2. The molecule has 0 unspecified atom stereocenters. The van der Waals surface area contributed by atoms with E-state index >= 15 is 4.39 Å². The number of imidazole rings is 1. The van der Waals surface area contributed by atoms with Crippen LogP contribution in [-0.4, -0.2) is 66.7 Å². The van der Waals surface area contributed by atoms with E-state index in [2.05, 4.69) is 20.0 Å². The van der Waals surface area contributed by atoms with E-state index in [9.17, 15) is 14.5 Å². The molecule has 6 atom stereocenters. The summed E-state index contributed by atoms with van der Waals surface area (Å²) in [4.78, 5) is 24.2. The van der Waals surface area contributed by atoms with Gasteiger partial charge in [-0.15, -0.1) is 0 Å². The third-order valence-electron chi connectivity index (χ3n) is 5.53. The summed E-state index contributed by atoms with van der Waals surface area (Å²) < 4.78 is 52.3. The van der Waals surface area contributed by atoms with Crippen LogP contribution in [0.2, 0.25) is 0 Å². The molecule has 39 heavy (non-hydrogen) atoms. The van der Waals surface area contributed by atoms with E-state index in [0.717, 1.165) is 10.9 Å². The largest absolute Gasteiger partial charge is 0.462 e. The number of nitrogens with two attached hydrogens (primary N) is 2. The van der Waals surface area contributed by atoms with Crippen LogP contribution in [0.1, 0.15) is 27.0 Å². The third kappa shape index (κ3) is 6.24. The fourth-order valence-corrected chi connectivity index (χ4v) is 5.54. The number of carbonyl (C=O) groups excluding carboxylic acids is 1. The van der Waals surface area contributed by atoms with E-state index in [1.807, 2.05) is 0 Å². The molecule has 1 saturated heterocycles. The topological polar surface area (TPSA) is 199 Å². The van der Waals surface area contributed by atoms with Crippen molar-refractivity contribution in [2.45, 2.75) is 56.5 Å². The number of halogens is 2. The number of fused-ring (bicyclic) bond motifs is 1. The Morgan fingerprint density at radius 2 is 2.00 bits per heavy atom. The Morgan fingerprint density at radius 3 is 2.67 bits per heavy atom. The van der Waals surface area contributed by atoms with Gasteiger partial charge in [0.25, 0.3) is 5.13 Å². The van der Waals surface area contributed by atoms with Crippen molar-refractivity contribution < 1.29 is 37.4 Å². The van der Waals surface area contributed by atoms with Gasteiger partial charge in [-0.3, -0.25) is 13.9 Å². The first-order valence-corrected chi connectivity index (χ1v) is 13.7. The van der Waals surface area contributed by atoms with Crippen molar-refractivity contribution in [2.24, 2.45) is 0 Å². The number of nitrogen functional groups attached to an aromatic ring is 2. The van der Waals surface area contributed by atoms with Crippen LogP contribution in [-0.2, 0) is 23.4 Å². The molecule has 1 aromatic carbocycles. The van der Waals surface area contributed by atoms with E-state index in [0.29, 0.717) is 0 Å². The Balaban J connectivity index is 1.55. The molecule has 0 aliphatic carbocycles. The third-order valence-corrected chi connectivity index (χ3v) is 7.59. The second-order valence-corrected chi connectivity index (χ2v) is 11.2. The zero-order valence-electron chi connectivity index (χ0n) is 21.1. The SMILES string of the molecule is CC(C)OC(=O)[C@H](C)N[P@@](=O)(OC[C@H]1O[C@@H](n2cnc3c(N)nc(N)nc32)[C@](F)(Cl)[C@@H]1O)Oc1ccccc1. The lowest BCUT2D eigenvalue weighted by Crippen LogP contribution is -2.40. The van der Waals surface area contributed by atoms with Gasteiger partial charge >= 0.3 is 13.7 Å². The van der Waals surface area contributed by atoms with Crippen molar-refractivity contribution in [3.63, 3.8) is 0 Å². The van der Waals surface area contributed by atoms with Crippen molar-refractivity contribution in [1.82, 2.24) is 24.6 Å². The standard InChI is InChI=1S/C22H28ClFN7O7P/c1-11(2)36-19(33)12(3)30-39(34,38-13-7-5-4-6-8-13)35-9-14-16(32)22(23,24)20(37-14)31-10-27-15-17(25)28-21(26)29-18(15)31/h4-8,10-12,14,16,20,32H,9H2,1-3H3,(H,30,34)(H4,25,26,28,29)/t12-,14+,16+,20+,22-,39+/m0/s1. The summed E-state index contributed by atoms with van der Waals surface area (Å²) in [6.07, 6.45) is -4.35. The number of nitrogens with one attached hydrogen (secondary N) is 1. The fraction of sp³-hybridized carbons (Fsp3) is 0.455. The van der Waals surface area contributed by atoms with Crippen molar-refractivity contribution in [3.05, 3.63) is 36.7 Å². The number of ether oxygens (including phenoxy) is 2. The number of anilines is 2. The minimum Gasteiger partial charge on any atom is -0.462 e. The highest BCUT2D eigenvalue weighted by atomic mass is 35.5. The maximum absolute atomic E-state index is 15.6. The molecule has 4 rings (SSSR count). The van der Waals surface area contributed by atoms with Crippen molar-refractivity contribution in [3.8, 4) is 5.75 Å². The maximum Gasteiger partial charge on any atom is 0.459 e. The monoisotopic (exact) mass is 587 g/mol. The quantitative estimate of drug-likeness (QED) is 0.153. The molecule has 17 heteroatoms. The van der Waals surface area contributed by atoms with Gasteiger partial charge in [-0.1, -0.05) is 29.8 Å². The predicted molar refractivity (Wildman–Crippen MR) is 138 cm³/mol. The van der Waals surface area contributed by atoms with Gasteiger partial charge in [0.1, 0.15) is 29.5 Å². The summed E-state index contributed by atoms with van der Waals surface area (Å²) in [5.41, 5.74) is 11.6. The molecule has 0 saturated carbocycles. The number of benzene rings is 1. The van der Waals surface area contributed by atoms with Crippen molar-refractivity contribution in [1.29, 1.82) is 0 Å². The summed E-state index contributed by atoms with van der Waals surface area (Å²) >= 11 is 6.08. The number of hydrogen-bond acceptors (Lipinski definition) is 12. The molecule has 0 radical (unpaired) electrons. The Hall–Kier alpha value is -3.07. The first kappa shape index (κ1) is 28.9. The zero-order valence-corrected chi connectivity index (χ0v) is 22.8. The average Bonchev–Trinajstić information content (AvgIpc) is 3.36. The summed E-state index contributed by atoms with van der Waals surface area (Å²) in [5, 5.41) is 10.3. The number of para-hydroxylation sites is 1. The van der Waals surface area contributed by atoms with Crippen LogP contribution in [0.4, 0.5) is 16.2 Å². The zero-order chi connectivity index (χ0) is 28.5.